The van der Waals surface area contributed by atoms with Gasteiger partial charge in [0.25, 0.3) is 0 Å². The Kier molecular flexibility index (Phi) is 1.87. The van der Waals surface area contributed by atoms with Gasteiger partial charge >= 0.3 is 0 Å². The minimum atomic E-state index is 0.119. The lowest BCUT2D eigenvalue weighted by molar-refractivity contribution is 0.0394. The summed E-state index contributed by atoms with van der Waals surface area (Å²) in [6, 6.07) is 8.58. The van der Waals surface area contributed by atoms with Gasteiger partial charge in [0.2, 0.25) is 0 Å². The number of hydrogen-bond acceptors (Lipinski definition) is 3. The van der Waals surface area contributed by atoms with Gasteiger partial charge in [-0.3, -0.25) is 5.01 Å². The van der Waals surface area contributed by atoms with E-state index in [9.17, 15) is 0 Å². The lowest BCUT2D eigenvalue weighted by Gasteiger charge is -2.44. The van der Waals surface area contributed by atoms with E-state index in [0.29, 0.717) is 0 Å². The summed E-state index contributed by atoms with van der Waals surface area (Å²) >= 11 is 0. The van der Waals surface area contributed by atoms with E-state index < -0.39 is 0 Å². The molecule has 1 saturated carbocycles. The van der Waals surface area contributed by atoms with Crippen LogP contribution in [0.1, 0.15) is 31.4 Å². The highest BCUT2D eigenvalue weighted by Crippen LogP contribution is 2.57. The van der Waals surface area contributed by atoms with Gasteiger partial charge in [-0.2, -0.15) is 0 Å². The molecule has 2 atom stereocenters. The molecule has 1 aromatic carbocycles. The molecular weight excluding hydrogens is 248 g/mol. The molecule has 3 aliphatic rings. The van der Waals surface area contributed by atoms with Crippen LogP contribution >= 0.6 is 0 Å². The molecule has 5 rings (SSSR count). The Bertz CT molecular complexity index is 744. The van der Waals surface area contributed by atoms with Crippen molar-refractivity contribution in [3.05, 3.63) is 30.0 Å². The fourth-order valence-corrected chi connectivity index (χ4v) is 4.70. The van der Waals surface area contributed by atoms with Crippen molar-refractivity contribution in [3.8, 4) is 0 Å². The number of para-hydroxylation sites is 1. The molecule has 0 unspecified atom stereocenters. The van der Waals surface area contributed by atoms with Crippen LogP contribution in [-0.4, -0.2) is 16.1 Å². The van der Waals surface area contributed by atoms with Crippen LogP contribution in [0.3, 0.4) is 0 Å². The van der Waals surface area contributed by atoms with Crippen LogP contribution in [0.15, 0.2) is 34.6 Å². The first-order valence-corrected chi connectivity index (χ1v) is 7.57. The highest BCUT2D eigenvalue weighted by atomic mass is 15.6. The van der Waals surface area contributed by atoms with E-state index in [-0.39, 0.29) is 5.54 Å². The normalized spacial score (nSPS) is 30.6. The molecule has 0 N–H and O–H groups in total. The largest absolute Gasteiger partial charge is 0.344 e. The first kappa shape index (κ1) is 10.9. The van der Waals surface area contributed by atoms with E-state index in [0.717, 1.165) is 18.2 Å². The Morgan fingerprint density at radius 1 is 1.25 bits per heavy atom. The smallest absolute Gasteiger partial charge is 0.119 e. The number of fused-ring (bicyclic) bond motifs is 4. The summed E-state index contributed by atoms with van der Waals surface area (Å²) in [7, 11) is 2.19. The van der Waals surface area contributed by atoms with Crippen LogP contribution in [0.4, 0.5) is 5.69 Å². The van der Waals surface area contributed by atoms with E-state index in [1.54, 1.807) is 0 Å². The molecule has 2 aliphatic heterocycles. The zero-order valence-corrected chi connectivity index (χ0v) is 11.7. The van der Waals surface area contributed by atoms with E-state index in [4.69, 9.17) is 0 Å². The Balaban J connectivity index is 1.87. The average Bonchev–Trinajstić information content (AvgIpc) is 2.97. The second-order valence-electron chi connectivity index (χ2n) is 6.52. The molecule has 2 fully saturated rings. The zero-order valence-electron chi connectivity index (χ0n) is 11.7. The Morgan fingerprint density at radius 3 is 3.10 bits per heavy atom. The molecule has 4 heteroatoms. The van der Waals surface area contributed by atoms with Crippen molar-refractivity contribution in [3.63, 3.8) is 0 Å². The summed E-state index contributed by atoms with van der Waals surface area (Å²) in [5.74, 6) is 0.880. The predicted molar refractivity (Wildman–Crippen MR) is 77.8 cm³/mol. The molecule has 102 valence electrons. The number of benzene rings is 1. The maximum absolute atomic E-state index is 4.57. The molecule has 0 amide bonds. The van der Waals surface area contributed by atoms with Gasteiger partial charge in [-0.25, -0.2) is 0 Å². The monoisotopic (exact) mass is 266 g/mol. The van der Waals surface area contributed by atoms with Gasteiger partial charge in [0.1, 0.15) is 11.2 Å². The summed E-state index contributed by atoms with van der Waals surface area (Å²) in [5, 5.41) is 12.7. The molecule has 3 heterocycles. The lowest BCUT2D eigenvalue weighted by Crippen LogP contribution is -2.46. The van der Waals surface area contributed by atoms with Crippen molar-refractivity contribution in [1.82, 2.24) is 9.58 Å². The number of hydrogen-bond donors (Lipinski definition) is 0. The third kappa shape index (κ3) is 1.10. The zero-order chi connectivity index (χ0) is 13.3. The number of piperidine rings is 1. The molecule has 2 bridgehead atoms. The fraction of sp³-hybridized carbons (Fsp3) is 0.500. The van der Waals surface area contributed by atoms with E-state index >= 15 is 0 Å². The minimum absolute atomic E-state index is 0.119. The SMILES string of the molecule is Cn1c2c(c3ccccc31)N=NN1CC[C@@H]3CC[C@]21C3. The average molecular weight is 266 g/mol. The number of rotatable bonds is 0. The number of aryl methyl sites for hydroxylation is 1. The Hall–Kier alpha value is -1.84. The van der Waals surface area contributed by atoms with Gasteiger partial charge in [-0.1, -0.05) is 23.4 Å². The molecular formula is C16H18N4. The molecule has 1 spiro atoms. The van der Waals surface area contributed by atoms with Crippen molar-refractivity contribution in [1.29, 1.82) is 0 Å². The summed E-state index contributed by atoms with van der Waals surface area (Å²) in [6.45, 7) is 1.06. The highest BCUT2D eigenvalue weighted by molar-refractivity contribution is 5.94. The second-order valence-corrected chi connectivity index (χ2v) is 6.52. The molecule has 1 aromatic heterocycles. The van der Waals surface area contributed by atoms with Crippen LogP contribution in [0.5, 0.6) is 0 Å². The first-order valence-electron chi connectivity index (χ1n) is 7.57. The van der Waals surface area contributed by atoms with Crippen LogP contribution in [0.25, 0.3) is 10.9 Å². The van der Waals surface area contributed by atoms with Gasteiger partial charge in [0.05, 0.1) is 11.2 Å². The Labute approximate surface area is 118 Å². The molecule has 2 aromatic rings. The molecule has 1 aliphatic carbocycles. The fourth-order valence-electron chi connectivity index (χ4n) is 4.70. The standard InChI is InChI=1S/C16H18N4/c1-19-13-5-3-2-4-12(13)14-15(19)16-8-6-11(10-16)7-9-20(16)18-17-14/h2-5,11H,6-10H2,1H3/t11-,16-/m0/s1. The molecule has 1 saturated heterocycles. The van der Waals surface area contributed by atoms with Gasteiger partial charge < -0.3 is 4.57 Å². The second kappa shape index (κ2) is 3.43. The number of nitrogens with zero attached hydrogens (tertiary/aromatic N) is 4. The van der Waals surface area contributed by atoms with Gasteiger partial charge in [-0.05, 0) is 37.7 Å². The van der Waals surface area contributed by atoms with Crippen LogP contribution in [0.2, 0.25) is 0 Å². The van der Waals surface area contributed by atoms with E-state index in [2.05, 4.69) is 51.2 Å². The van der Waals surface area contributed by atoms with Crippen molar-refractivity contribution >= 4 is 16.6 Å². The van der Waals surface area contributed by atoms with Crippen LogP contribution < -0.4 is 0 Å². The highest BCUT2D eigenvalue weighted by Gasteiger charge is 2.53. The van der Waals surface area contributed by atoms with E-state index in [1.165, 1.54) is 42.3 Å². The van der Waals surface area contributed by atoms with Crippen molar-refractivity contribution in [2.24, 2.45) is 23.3 Å². The topological polar surface area (TPSA) is 32.9 Å². The van der Waals surface area contributed by atoms with Crippen LogP contribution in [0, 0.1) is 5.92 Å². The number of aromatic nitrogens is 1. The predicted octanol–water partition coefficient (Wildman–Crippen LogP) is 3.89. The van der Waals surface area contributed by atoms with Gasteiger partial charge in [0.15, 0.2) is 0 Å². The summed E-state index contributed by atoms with van der Waals surface area (Å²) < 4.78 is 2.36. The maximum atomic E-state index is 4.57. The van der Waals surface area contributed by atoms with Gasteiger partial charge in [-0.15, -0.1) is 5.11 Å². The minimum Gasteiger partial charge on any atom is -0.344 e. The molecule has 20 heavy (non-hydrogen) atoms. The summed E-state index contributed by atoms with van der Waals surface area (Å²) in [4.78, 5) is 0. The van der Waals surface area contributed by atoms with Crippen LogP contribution in [-0.2, 0) is 12.6 Å². The molecule has 4 nitrogen and oxygen atoms in total. The van der Waals surface area contributed by atoms with E-state index in [1.807, 2.05) is 0 Å². The van der Waals surface area contributed by atoms with Crippen molar-refractivity contribution in [2.75, 3.05) is 6.54 Å². The van der Waals surface area contributed by atoms with Crippen molar-refractivity contribution in [2.45, 2.75) is 31.2 Å². The first-order chi connectivity index (χ1) is 9.79. The third-order valence-corrected chi connectivity index (χ3v) is 5.61. The quantitative estimate of drug-likeness (QED) is 0.712. The van der Waals surface area contributed by atoms with Gasteiger partial charge in [0, 0.05) is 19.0 Å². The lowest BCUT2D eigenvalue weighted by atomic mass is 9.85. The third-order valence-electron chi connectivity index (χ3n) is 5.61. The maximum Gasteiger partial charge on any atom is 0.119 e. The van der Waals surface area contributed by atoms with Crippen molar-refractivity contribution < 1.29 is 0 Å². The summed E-state index contributed by atoms with van der Waals surface area (Å²) in [5.41, 5.74) is 3.91. The Morgan fingerprint density at radius 2 is 2.15 bits per heavy atom. The molecule has 0 radical (unpaired) electrons. The summed E-state index contributed by atoms with van der Waals surface area (Å²) in [6.07, 6.45) is 5.10.